The molecule has 0 aromatic heterocycles. The highest BCUT2D eigenvalue weighted by molar-refractivity contribution is 5.84. The molecule has 126 valence electrons. The van der Waals surface area contributed by atoms with Crippen molar-refractivity contribution in [2.75, 3.05) is 6.54 Å². The Balaban J connectivity index is 1.69. The summed E-state index contributed by atoms with van der Waals surface area (Å²) in [6.45, 7) is 2.02. The van der Waals surface area contributed by atoms with Crippen molar-refractivity contribution in [2.45, 2.75) is 19.5 Å². The van der Waals surface area contributed by atoms with Gasteiger partial charge in [-0.25, -0.2) is 9.18 Å². The van der Waals surface area contributed by atoms with Gasteiger partial charge in [-0.15, -0.1) is 0 Å². The second-order valence-electron chi connectivity index (χ2n) is 5.36. The number of rotatable bonds is 6. The maximum Gasteiger partial charge on any atom is 0.315 e. The molecular formula is C18H20FN3O2. The molecular weight excluding hydrogens is 309 g/mol. The molecule has 2 aromatic carbocycles. The number of amides is 3. The van der Waals surface area contributed by atoms with Gasteiger partial charge < -0.3 is 16.0 Å². The summed E-state index contributed by atoms with van der Waals surface area (Å²) in [5.74, 6) is -0.601. The normalized spacial score (nSPS) is 11.4. The van der Waals surface area contributed by atoms with E-state index in [-0.39, 0.29) is 30.9 Å². The van der Waals surface area contributed by atoms with Crippen LogP contribution in [0.15, 0.2) is 54.6 Å². The molecule has 24 heavy (non-hydrogen) atoms. The molecule has 3 amide bonds. The Labute approximate surface area is 140 Å². The van der Waals surface area contributed by atoms with E-state index in [1.807, 2.05) is 37.3 Å². The number of carbonyl (C=O) groups excluding carboxylic acids is 2. The fraction of sp³-hybridized carbons (Fsp3) is 0.222. The van der Waals surface area contributed by atoms with Crippen molar-refractivity contribution >= 4 is 11.9 Å². The second-order valence-corrected chi connectivity index (χ2v) is 5.36. The van der Waals surface area contributed by atoms with E-state index >= 15 is 0 Å². The van der Waals surface area contributed by atoms with Gasteiger partial charge in [0.25, 0.3) is 0 Å². The standard InChI is InChI=1S/C18H20FN3O2/c1-13(15-5-3-2-4-6-15)22-17(23)12-21-18(24)20-11-14-7-9-16(19)10-8-14/h2-10,13H,11-12H2,1H3,(H,22,23)(H2,20,21,24). The lowest BCUT2D eigenvalue weighted by Crippen LogP contribution is -2.42. The highest BCUT2D eigenvalue weighted by Crippen LogP contribution is 2.10. The predicted octanol–water partition coefficient (Wildman–Crippen LogP) is 2.50. The van der Waals surface area contributed by atoms with E-state index in [0.717, 1.165) is 11.1 Å². The van der Waals surface area contributed by atoms with Crippen molar-refractivity contribution in [2.24, 2.45) is 0 Å². The molecule has 2 rings (SSSR count). The molecule has 0 saturated heterocycles. The number of hydrogen-bond acceptors (Lipinski definition) is 2. The van der Waals surface area contributed by atoms with Crippen LogP contribution in [0.5, 0.6) is 0 Å². The molecule has 0 heterocycles. The molecule has 0 aliphatic carbocycles. The Bertz CT molecular complexity index is 674. The van der Waals surface area contributed by atoms with Gasteiger partial charge in [0.1, 0.15) is 5.82 Å². The van der Waals surface area contributed by atoms with Gasteiger partial charge in [-0.2, -0.15) is 0 Å². The van der Waals surface area contributed by atoms with E-state index in [0.29, 0.717) is 0 Å². The van der Waals surface area contributed by atoms with Crippen LogP contribution >= 0.6 is 0 Å². The minimum atomic E-state index is -0.457. The fourth-order valence-electron chi connectivity index (χ4n) is 2.13. The minimum absolute atomic E-state index is 0.119. The van der Waals surface area contributed by atoms with Crippen LogP contribution in [0.4, 0.5) is 9.18 Å². The third kappa shape index (κ3) is 5.72. The molecule has 6 heteroatoms. The molecule has 3 N–H and O–H groups in total. The van der Waals surface area contributed by atoms with Crippen molar-refractivity contribution in [3.8, 4) is 0 Å². The Morgan fingerprint density at radius 2 is 1.67 bits per heavy atom. The van der Waals surface area contributed by atoms with Crippen molar-refractivity contribution in [1.82, 2.24) is 16.0 Å². The zero-order valence-electron chi connectivity index (χ0n) is 13.4. The molecule has 0 bridgehead atoms. The molecule has 0 radical (unpaired) electrons. The summed E-state index contributed by atoms with van der Waals surface area (Å²) in [5, 5.41) is 7.90. The van der Waals surface area contributed by atoms with Gasteiger partial charge in [0, 0.05) is 6.54 Å². The first-order chi connectivity index (χ1) is 11.5. The average Bonchev–Trinajstić information content (AvgIpc) is 2.60. The van der Waals surface area contributed by atoms with E-state index in [2.05, 4.69) is 16.0 Å². The second kappa shape index (κ2) is 8.67. The SMILES string of the molecule is CC(NC(=O)CNC(=O)NCc1ccc(F)cc1)c1ccccc1. The molecule has 0 fully saturated rings. The Kier molecular flexibility index (Phi) is 6.31. The van der Waals surface area contributed by atoms with E-state index in [4.69, 9.17) is 0 Å². The topological polar surface area (TPSA) is 70.2 Å². The van der Waals surface area contributed by atoms with E-state index < -0.39 is 6.03 Å². The van der Waals surface area contributed by atoms with Crippen LogP contribution in [0.2, 0.25) is 0 Å². The number of carbonyl (C=O) groups is 2. The third-order valence-electron chi connectivity index (χ3n) is 3.45. The minimum Gasteiger partial charge on any atom is -0.348 e. The number of benzene rings is 2. The lowest BCUT2D eigenvalue weighted by Gasteiger charge is -2.14. The van der Waals surface area contributed by atoms with Crippen molar-refractivity contribution in [3.05, 3.63) is 71.5 Å². The van der Waals surface area contributed by atoms with E-state index in [1.54, 1.807) is 12.1 Å². The van der Waals surface area contributed by atoms with Crippen molar-refractivity contribution in [1.29, 1.82) is 0 Å². The van der Waals surface area contributed by atoms with Gasteiger partial charge in [-0.1, -0.05) is 42.5 Å². The van der Waals surface area contributed by atoms with Gasteiger partial charge in [0.2, 0.25) is 5.91 Å². The summed E-state index contributed by atoms with van der Waals surface area (Å²) in [7, 11) is 0. The molecule has 0 aliphatic heterocycles. The molecule has 0 saturated carbocycles. The molecule has 5 nitrogen and oxygen atoms in total. The lowest BCUT2D eigenvalue weighted by molar-refractivity contribution is -0.120. The Morgan fingerprint density at radius 1 is 1.00 bits per heavy atom. The largest absolute Gasteiger partial charge is 0.348 e. The van der Waals surface area contributed by atoms with Gasteiger partial charge in [-0.05, 0) is 30.2 Å². The van der Waals surface area contributed by atoms with Crippen LogP contribution in [-0.4, -0.2) is 18.5 Å². The molecule has 1 atom stereocenters. The smallest absolute Gasteiger partial charge is 0.315 e. The zero-order valence-corrected chi connectivity index (χ0v) is 13.4. The summed E-state index contributed by atoms with van der Waals surface area (Å²) in [6, 6.07) is 14.8. The number of nitrogens with one attached hydrogen (secondary N) is 3. The summed E-state index contributed by atoms with van der Waals surface area (Å²) >= 11 is 0. The summed E-state index contributed by atoms with van der Waals surface area (Å²) in [4.78, 5) is 23.5. The van der Waals surface area contributed by atoms with Crippen molar-refractivity contribution < 1.29 is 14.0 Å². The molecule has 1 unspecified atom stereocenters. The van der Waals surface area contributed by atoms with Crippen LogP contribution in [0, 0.1) is 5.82 Å². The summed E-state index contributed by atoms with van der Waals surface area (Å²) in [5.41, 5.74) is 1.76. The lowest BCUT2D eigenvalue weighted by atomic mass is 10.1. The summed E-state index contributed by atoms with van der Waals surface area (Å²) < 4.78 is 12.8. The quantitative estimate of drug-likeness (QED) is 0.762. The van der Waals surface area contributed by atoms with Crippen LogP contribution in [0.1, 0.15) is 24.1 Å². The van der Waals surface area contributed by atoms with Crippen molar-refractivity contribution in [3.63, 3.8) is 0 Å². The van der Waals surface area contributed by atoms with Crippen LogP contribution in [-0.2, 0) is 11.3 Å². The molecule has 2 aromatic rings. The van der Waals surface area contributed by atoms with E-state index in [1.165, 1.54) is 12.1 Å². The first kappa shape index (κ1) is 17.5. The van der Waals surface area contributed by atoms with Crippen LogP contribution < -0.4 is 16.0 Å². The van der Waals surface area contributed by atoms with Gasteiger partial charge in [0.15, 0.2) is 0 Å². The van der Waals surface area contributed by atoms with Crippen LogP contribution in [0.25, 0.3) is 0 Å². The maximum atomic E-state index is 12.8. The predicted molar refractivity (Wildman–Crippen MR) is 89.6 cm³/mol. The molecule has 0 aliphatic rings. The number of hydrogen-bond donors (Lipinski definition) is 3. The third-order valence-corrected chi connectivity index (χ3v) is 3.45. The first-order valence-electron chi connectivity index (χ1n) is 7.65. The fourth-order valence-corrected chi connectivity index (χ4v) is 2.13. The van der Waals surface area contributed by atoms with Gasteiger partial charge in [-0.3, -0.25) is 4.79 Å². The van der Waals surface area contributed by atoms with Crippen LogP contribution in [0.3, 0.4) is 0 Å². The maximum absolute atomic E-state index is 12.8. The number of urea groups is 1. The van der Waals surface area contributed by atoms with E-state index in [9.17, 15) is 14.0 Å². The highest BCUT2D eigenvalue weighted by atomic mass is 19.1. The van der Waals surface area contributed by atoms with Gasteiger partial charge >= 0.3 is 6.03 Å². The number of halogens is 1. The highest BCUT2D eigenvalue weighted by Gasteiger charge is 2.10. The monoisotopic (exact) mass is 329 g/mol. The Hall–Kier alpha value is -2.89. The average molecular weight is 329 g/mol. The van der Waals surface area contributed by atoms with Gasteiger partial charge in [0.05, 0.1) is 12.6 Å². The summed E-state index contributed by atoms with van der Waals surface area (Å²) in [6.07, 6.45) is 0. The molecule has 0 spiro atoms. The Morgan fingerprint density at radius 3 is 2.33 bits per heavy atom. The zero-order chi connectivity index (χ0) is 17.4. The first-order valence-corrected chi connectivity index (χ1v) is 7.65.